The first-order chi connectivity index (χ1) is 32.1. The van der Waals surface area contributed by atoms with Crippen molar-refractivity contribution in [3.8, 4) is 16.8 Å². The van der Waals surface area contributed by atoms with Gasteiger partial charge in [0.05, 0.1) is 22.3 Å². The number of allylic oxidation sites excluding steroid dienone is 6. The molecular weight excluding hydrogens is 807 g/mol. The normalized spacial score (nSPS) is 20.4. The molecule has 0 saturated carbocycles. The monoisotopic (exact) mass is 853 g/mol. The molecule has 0 bridgehead atoms. The number of fused-ring (bicyclic) bond motifs is 16. The fourth-order valence-electron chi connectivity index (χ4n) is 12.1. The topological polar surface area (TPSA) is 29.3 Å². The molecule has 4 aliphatic rings. The van der Waals surface area contributed by atoms with Crippen molar-refractivity contribution >= 4 is 59.9 Å². The zero-order chi connectivity index (χ0) is 43.3. The van der Waals surface area contributed by atoms with Gasteiger partial charge in [-0.05, 0) is 105 Å². The van der Waals surface area contributed by atoms with Crippen LogP contribution in [-0.4, -0.2) is 17.3 Å². The number of rotatable bonds is 7. The van der Waals surface area contributed by atoms with Crippen LogP contribution in [0, 0.1) is 5.92 Å². The van der Waals surface area contributed by atoms with Gasteiger partial charge in [0.25, 0.3) is 0 Å². The SMILES string of the molecule is CN=C(C=C(NCc1ccc(-c2ccc3c(c2)C2(c4ccccc4-n4c5c(c6c7sc8ccccc8c7cc2c64)CCC=C5)C2C=CC=CC32C)cc1)c1ccccc1)c1ccccc1. The van der Waals surface area contributed by atoms with Crippen LogP contribution in [0.3, 0.4) is 0 Å². The van der Waals surface area contributed by atoms with Gasteiger partial charge < -0.3 is 9.88 Å². The third kappa shape index (κ3) is 5.50. The average Bonchev–Trinajstić information content (AvgIpc) is 3.99. The molecule has 3 heterocycles. The Morgan fingerprint density at radius 1 is 0.738 bits per heavy atom. The van der Waals surface area contributed by atoms with E-state index in [-0.39, 0.29) is 11.3 Å². The maximum Gasteiger partial charge on any atom is 0.0663 e. The van der Waals surface area contributed by atoms with Crippen molar-refractivity contribution in [1.82, 2.24) is 9.88 Å². The minimum absolute atomic E-state index is 0.175. The number of aryl methyl sites for hydroxylation is 1. The molecule has 0 amide bonds. The molecule has 3 unspecified atom stereocenters. The number of para-hydroxylation sites is 1. The Morgan fingerprint density at radius 2 is 1.49 bits per heavy atom. The van der Waals surface area contributed by atoms with Crippen LogP contribution < -0.4 is 5.32 Å². The van der Waals surface area contributed by atoms with Gasteiger partial charge in [-0.1, -0.05) is 171 Å². The third-order valence-corrected chi connectivity index (χ3v) is 16.2. The van der Waals surface area contributed by atoms with Crippen LogP contribution in [0.1, 0.15) is 63.5 Å². The standard InChI is InChI=1S/C61H47N3S/c1-60-34-16-15-27-56(60)61(48-23-11-13-25-54(48)64-53-24-12-9-22-45(53)57-58(64)50(61)36-46-44-21-10-14-26-55(44)65-59(46)57)49-35-43(32-33-47(49)60)40-30-28-39(29-31-40)38-63-52(42-19-7-4-8-20-42)37-51(62-2)41-17-5-3-6-18-41/h3-8,10-21,23-37,56,63H,9,22,38H2,1-2H3. The van der Waals surface area contributed by atoms with E-state index < -0.39 is 5.41 Å². The van der Waals surface area contributed by atoms with Crippen LogP contribution in [0.4, 0.5) is 0 Å². The van der Waals surface area contributed by atoms with Gasteiger partial charge in [0.1, 0.15) is 0 Å². The van der Waals surface area contributed by atoms with Crippen LogP contribution >= 0.6 is 11.3 Å². The number of aromatic nitrogens is 1. The maximum absolute atomic E-state index is 4.67. The molecule has 1 N–H and O–H groups in total. The van der Waals surface area contributed by atoms with E-state index >= 15 is 0 Å². The second kappa shape index (κ2) is 14.6. The van der Waals surface area contributed by atoms with Crippen LogP contribution in [-0.2, 0) is 23.8 Å². The molecule has 65 heavy (non-hydrogen) atoms. The molecule has 3 atom stereocenters. The summed E-state index contributed by atoms with van der Waals surface area (Å²) >= 11 is 1.97. The highest BCUT2D eigenvalue weighted by atomic mass is 32.1. The third-order valence-electron chi connectivity index (χ3n) is 15.0. The fourth-order valence-corrected chi connectivity index (χ4v) is 13.3. The summed E-state index contributed by atoms with van der Waals surface area (Å²) in [7, 11) is 1.86. The summed E-state index contributed by atoms with van der Waals surface area (Å²) in [5, 5.41) is 7.98. The fraction of sp³-hybridized carbons (Fsp3) is 0.131. The van der Waals surface area contributed by atoms with Gasteiger partial charge in [-0.15, -0.1) is 11.3 Å². The summed E-state index contributed by atoms with van der Waals surface area (Å²) in [6, 6.07) is 58.6. The van der Waals surface area contributed by atoms with Crippen molar-refractivity contribution in [3.63, 3.8) is 0 Å². The highest BCUT2D eigenvalue weighted by Gasteiger charge is 2.61. The lowest BCUT2D eigenvalue weighted by molar-refractivity contribution is 0.365. The molecule has 3 aliphatic carbocycles. The number of hydrogen-bond donors (Lipinski definition) is 1. The highest BCUT2D eigenvalue weighted by molar-refractivity contribution is 7.26. The second-order valence-electron chi connectivity index (χ2n) is 18.3. The molecule has 1 aliphatic heterocycles. The van der Waals surface area contributed by atoms with Gasteiger partial charge in [0.2, 0.25) is 0 Å². The summed E-state index contributed by atoms with van der Waals surface area (Å²) in [6.45, 7) is 3.17. The summed E-state index contributed by atoms with van der Waals surface area (Å²) in [6.07, 6.45) is 18.7. The molecule has 312 valence electrons. The molecule has 7 aromatic carbocycles. The lowest BCUT2D eigenvalue weighted by atomic mass is 9.58. The average molecular weight is 854 g/mol. The van der Waals surface area contributed by atoms with E-state index in [1.54, 1.807) is 0 Å². The summed E-state index contributed by atoms with van der Waals surface area (Å²) in [5.74, 6) is 0.175. The lowest BCUT2D eigenvalue weighted by Crippen LogP contribution is -2.42. The number of nitrogens with zero attached hydrogens (tertiary/aromatic N) is 2. The minimum atomic E-state index is -0.432. The predicted molar refractivity (Wildman–Crippen MR) is 275 cm³/mol. The van der Waals surface area contributed by atoms with E-state index in [1.807, 2.05) is 24.5 Å². The van der Waals surface area contributed by atoms with Crippen molar-refractivity contribution in [1.29, 1.82) is 0 Å². The Kier molecular flexibility index (Phi) is 8.60. The van der Waals surface area contributed by atoms with Gasteiger partial charge in [-0.3, -0.25) is 4.99 Å². The van der Waals surface area contributed by atoms with E-state index in [9.17, 15) is 0 Å². The molecule has 0 fully saturated rings. The number of nitrogens with one attached hydrogen (secondary N) is 1. The first-order valence-corrected chi connectivity index (χ1v) is 23.8. The maximum atomic E-state index is 4.67. The molecule has 0 saturated heterocycles. The van der Waals surface area contributed by atoms with Gasteiger partial charge in [0.15, 0.2) is 0 Å². The van der Waals surface area contributed by atoms with Crippen LogP contribution in [0.5, 0.6) is 0 Å². The first-order valence-electron chi connectivity index (χ1n) is 23.0. The van der Waals surface area contributed by atoms with Gasteiger partial charge in [0, 0.05) is 61.9 Å². The number of aliphatic imine (C=N–C) groups is 1. The zero-order valence-corrected chi connectivity index (χ0v) is 37.4. The molecular formula is C61H47N3S. The van der Waals surface area contributed by atoms with Crippen molar-refractivity contribution < 1.29 is 0 Å². The Morgan fingerprint density at radius 3 is 2.32 bits per heavy atom. The molecule has 9 aromatic rings. The molecule has 4 heteroatoms. The predicted octanol–water partition coefficient (Wildman–Crippen LogP) is 14.5. The highest BCUT2D eigenvalue weighted by Crippen LogP contribution is 2.66. The smallest absolute Gasteiger partial charge is 0.0663 e. The summed E-state index contributed by atoms with van der Waals surface area (Å²) in [5.41, 5.74) is 18.5. The summed E-state index contributed by atoms with van der Waals surface area (Å²) in [4.78, 5) is 4.67. The van der Waals surface area contributed by atoms with Gasteiger partial charge >= 0.3 is 0 Å². The molecule has 3 nitrogen and oxygen atoms in total. The lowest BCUT2D eigenvalue weighted by Gasteiger charge is -2.45. The number of hydrogen-bond acceptors (Lipinski definition) is 3. The van der Waals surface area contributed by atoms with E-state index in [0.29, 0.717) is 6.54 Å². The quantitative estimate of drug-likeness (QED) is 0.159. The molecule has 13 rings (SSSR count). The second-order valence-corrected chi connectivity index (χ2v) is 19.4. The largest absolute Gasteiger partial charge is 0.380 e. The molecule has 0 radical (unpaired) electrons. The van der Waals surface area contributed by atoms with Crippen molar-refractivity contribution in [2.75, 3.05) is 7.05 Å². The minimum Gasteiger partial charge on any atom is -0.380 e. The van der Waals surface area contributed by atoms with Gasteiger partial charge in [-0.25, -0.2) is 0 Å². The van der Waals surface area contributed by atoms with E-state index in [1.165, 1.54) is 87.0 Å². The number of thiophene rings is 1. The van der Waals surface area contributed by atoms with Gasteiger partial charge in [-0.2, -0.15) is 0 Å². The Labute approximate surface area is 384 Å². The molecule has 1 spiro atoms. The van der Waals surface area contributed by atoms with E-state index in [2.05, 4.69) is 216 Å². The Balaban J connectivity index is 0.965. The van der Waals surface area contributed by atoms with Crippen molar-refractivity contribution in [2.24, 2.45) is 10.9 Å². The van der Waals surface area contributed by atoms with Crippen molar-refractivity contribution in [3.05, 3.63) is 244 Å². The molecule has 2 aromatic heterocycles. The van der Waals surface area contributed by atoms with Crippen LogP contribution in [0.25, 0.3) is 59.7 Å². The zero-order valence-electron chi connectivity index (χ0n) is 36.6. The Bertz CT molecular complexity index is 3560. The summed E-state index contributed by atoms with van der Waals surface area (Å²) < 4.78 is 5.43. The Hall–Kier alpha value is -7.27. The van der Waals surface area contributed by atoms with E-state index in [0.717, 1.165) is 35.4 Å². The number of benzene rings is 7. The van der Waals surface area contributed by atoms with Crippen molar-refractivity contribution in [2.45, 2.75) is 37.1 Å². The van der Waals surface area contributed by atoms with E-state index in [4.69, 9.17) is 0 Å². The van der Waals surface area contributed by atoms with Crippen LogP contribution in [0.2, 0.25) is 0 Å². The van der Waals surface area contributed by atoms with Crippen LogP contribution in [0.15, 0.2) is 199 Å². The first kappa shape index (κ1) is 38.2.